The second kappa shape index (κ2) is 5.40. The molecular formula is C12H10BrClO2S. The van der Waals surface area contributed by atoms with Crippen LogP contribution in [0.15, 0.2) is 34.1 Å². The molecule has 1 N–H and O–H groups in total. The molecule has 90 valence electrons. The van der Waals surface area contributed by atoms with Crippen molar-refractivity contribution in [2.24, 2.45) is 0 Å². The third-order valence-corrected chi connectivity index (χ3v) is 4.62. The lowest BCUT2D eigenvalue weighted by Crippen LogP contribution is -1.98. The lowest BCUT2D eigenvalue weighted by molar-refractivity contribution is 0.223. The summed E-state index contributed by atoms with van der Waals surface area (Å²) >= 11 is 10.9. The summed E-state index contributed by atoms with van der Waals surface area (Å²) in [6.45, 7) is 0. The summed E-state index contributed by atoms with van der Waals surface area (Å²) in [6, 6.07) is 7.18. The Morgan fingerprint density at radius 2 is 2.18 bits per heavy atom. The van der Waals surface area contributed by atoms with Crippen LogP contribution >= 0.6 is 38.9 Å². The lowest BCUT2D eigenvalue weighted by Gasteiger charge is -2.12. The van der Waals surface area contributed by atoms with Crippen LogP contribution in [0.25, 0.3) is 0 Å². The predicted molar refractivity (Wildman–Crippen MR) is 74.1 cm³/mol. The highest BCUT2D eigenvalue weighted by Gasteiger charge is 2.16. The first-order chi connectivity index (χ1) is 8.13. The lowest BCUT2D eigenvalue weighted by atomic mass is 10.1. The van der Waals surface area contributed by atoms with Crippen LogP contribution in [-0.2, 0) is 0 Å². The van der Waals surface area contributed by atoms with Gasteiger partial charge in [-0.15, -0.1) is 11.3 Å². The van der Waals surface area contributed by atoms with Crippen molar-refractivity contribution >= 4 is 38.9 Å². The van der Waals surface area contributed by atoms with E-state index in [1.54, 1.807) is 25.3 Å². The Morgan fingerprint density at radius 3 is 2.76 bits per heavy atom. The van der Waals surface area contributed by atoms with Crippen molar-refractivity contribution in [3.05, 3.63) is 49.6 Å². The zero-order valence-electron chi connectivity index (χ0n) is 8.98. The fourth-order valence-corrected chi connectivity index (χ4v) is 3.29. The van der Waals surface area contributed by atoms with Gasteiger partial charge >= 0.3 is 0 Å². The highest BCUT2D eigenvalue weighted by Crippen LogP contribution is 2.35. The van der Waals surface area contributed by atoms with Crippen LogP contribution in [0.4, 0.5) is 0 Å². The number of hydrogen-bond acceptors (Lipinski definition) is 3. The van der Waals surface area contributed by atoms with Crippen LogP contribution in [0.3, 0.4) is 0 Å². The summed E-state index contributed by atoms with van der Waals surface area (Å²) in [5.41, 5.74) is 0.759. The van der Waals surface area contributed by atoms with Gasteiger partial charge in [0.1, 0.15) is 11.9 Å². The topological polar surface area (TPSA) is 29.5 Å². The number of methoxy groups -OCH3 is 1. The van der Waals surface area contributed by atoms with Gasteiger partial charge < -0.3 is 9.84 Å². The second-order valence-corrected chi connectivity index (χ2v) is 5.64. The molecule has 0 fully saturated rings. The van der Waals surface area contributed by atoms with Gasteiger partial charge in [-0.25, -0.2) is 0 Å². The Morgan fingerprint density at radius 1 is 1.41 bits per heavy atom. The van der Waals surface area contributed by atoms with Crippen molar-refractivity contribution in [1.82, 2.24) is 0 Å². The van der Waals surface area contributed by atoms with Crippen molar-refractivity contribution in [2.45, 2.75) is 6.10 Å². The number of hydrogen-bond donors (Lipinski definition) is 1. The molecule has 2 nitrogen and oxygen atoms in total. The molecule has 2 rings (SSSR count). The predicted octanol–water partition coefficient (Wildman–Crippen LogP) is 4.25. The zero-order valence-corrected chi connectivity index (χ0v) is 12.1. The second-order valence-electron chi connectivity index (χ2n) is 3.43. The van der Waals surface area contributed by atoms with Gasteiger partial charge in [-0.05, 0) is 45.1 Å². The van der Waals surface area contributed by atoms with Gasteiger partial charge in [0.05, 0.1) is 17.0 Å². The molecule has 0 aliphatic rings. The van der Waals surface area contributed by atoms with Crippen molar-refractivity contribution in [3.8, 4) is 5.75 Å². The van der Waals surface area contributed by atoms with Crippen molar-refractivity contribution in [1.29, 1.82) is 0 Å². The summed E-state index contributed by atoms with van der Waals surface area (Å²) in [4.78, 5) is 0.870. The molecule has 1 aromatic heterocycles. The molecule has 0 aliphatic carbocycles. The van der Waals surface area contributed by atoms with Crippen LogP contribution < -0.4 is 4.74 Å². The zero-order chi connectivity index (χ0) is 12.4. The molecule has 5 heteroatoms. The minimum absolute atomic E-state index is 0.536. The number of thiophene rings is 1. The maximum Gasteiger partial charge on any atom is 0.137 e. The highest BCUT2D eigenvalue weighted by atomic mass is 79.9. The van der Waals surface area contributed by atoms with Crippen molar-refractivity contribution in [2.75, 3.05) is 7.11 Å². The fraction of sp³-hybridized carbons (Fsp3) is 0.167. The van der Waals surface area contributed by atoms with Crippen molar-refractivity contribution < 1.29 is 9.84 Å². The number of aliphatic hydroxyl groups excluding tert-OH is 1. The average Bonchev–Trinajstić information content (AvgIpc) is 2.75. The Hall–Kier alpha value is -0.550. The van der Waals surface area contributed by atoms with E-state index < -0.39 is 6.10 Å². The Bertz CT molecular complexity index is 527. The van der Waals surface area contributed by atoms with E-state index in [1.165, 1.54) is 11.3 Å². The van der Waals surface area contributed by atoms with E-state index >= 15 is 0 Å². The molecule has 1 unspecified atom stereocenters. The Balaban J connectivity index is 2.38. The van der Waals surface area contributed by atoms with Crippen LogP contribution in [0.5, 0.6) is 5.75 Å². The summed E-state index contributed by atoms with van der Waals surface area (Å²) in [5, 5.41) is 12.7. The van der Waals surface area contributed by atoms with Crippen molar-refractivity contribution in [3.63, 3.8) is 0 Å². The third-order valence-electron chi connectivity index (χ3n) is 2.38. The first-order valence-electron chi connectivity index (χ1n) is 4.88. The van der Waals surface area contributed by atoms with Crippen LogP contribution in [0, 0.1) is 0 Å². The summed E-state index contributed by atoms with van der Waals surface area (Å²) < 4.78 is 6.04. The van der Waals surface area contributed by atoms with E-state index in [9.17, 15) is 5.11 Å². The highest BCUT2D eigenvalue weighted by molar-refractivity contribution is 9.10. The minimum atomic E-state index is -0.671. The molecule has 0 saturated heterocycles. The Kier molecular flexibility index (Phi) is 4.09. The molecule has 0 aliphatic heterocycles. The normalized spacial score (nSPS) is 12.5. The van der Waals surface area contributed by atoms with E-state index in [4.69, 9.17) is 16.3 Å². The molecule has 17 heavy (non-hydrogen) atoms. The van der Waals surface area contributed by atoms with Gasteiger partial charge in [-0.2, -0.15) is 0 Å². The first kappa shape index (κ1) is 12.9. The maximum atomic E-state index is 10.3. The van der Waals surface area contributed by atoms with Gasteiger partial charge in [0.2, 0.25) is 0 Å². The molecule has 0 spiro atoms. The fourth-order valence-electron chi connectivity index (χ4n) is 1.50. The Labute approximate surface area is 117 Å². The van der Waals surface area contributed by atoms with E-state index in [0.29, 0.717) is 10.8 Å². The molecule has 1 atom stereocenters. The quantitative estimate of drug-likeness (QED) is 0.909. The SMILES string of the molecule is COc1cc(C(O)c2sccc2Br)ccc1Cl. The average molecular weight is 334 g/mol. The molecule has 1 aromatic carbocycles. The summed E-state index contributed by atoms with van der Waals surface area (Å²) in [6.07, 6.45) is -0.671. The van der Waals surface area contributed by atoms with Gasteiger partial charge in [-0.1, -0.05) is 17.7 Å². The first-order valence-corrected chi connectivity index (χ1v) is 6.93. The van der Waals surface area contributed by atoms with E-state index in [-0.39, 0.29) is 0 Å². The molecule has 2 aromatic rings. The van der Waals surface area contributed by atoms with Crippen LogP contribution in [0.1, 0.15) is 16.5 Å². The number of benzene rings is 1. The standard InChI is InChI=1S/C12H10BrClO2S/c1-16-10-6-7(2-3-9(10)14)11(15)12-8(13)4-5-17-12/h2-6,11,15H,1H3. The van der Waals surface area contributed by atoms with Crippen LogP contribution in [-0.4, -0.2) is 12.2 Å². The minimum Gasteiger partial charge on any atom is -0.495 e. The number of ether oxygens (including phenoxy) is 1. The molecule has 0 saturated carbocycles. The van der Waals surface area contributed by atoms with Gasteiger partial charge in [0.25, 0.3) is 0 Å². The van der Waals surface area contributed by atoms with E-state index in [1.807, 2.05) is 11.4 Å². The number of aliphatic hydroxyl groups is 1. The molecule has 0 radical (unpaired) electrons. The molecule has 1 heterocycles. The van der Waals surface area contributed by atoms with Gasteiger partial charge in [-0.3, -0.25) is 0 Å². The third kappa shape index (κ3) is 2.65. The smallest absolute Gasteiger partial charge is 0.137 e. The number of halogens is 2. The summed E-state index contributed by atoms with van der Waals surface area (Å²) in [7, 11) is 1.55. The maximum absolute atomic E-state index is 10.3. The van der Waals surface area contributed by atoms with Crippen LogP contribution in [0.2, 0.25) is 5.02 Å². The summed E-state index contributed by atoms with van der Waals surface area (Å²) in [5.74, 6) is 0.566. The molecular weight excluding hydrogens is 324 g/mol. The number of rotatable bonds is 3. The van der Waals surface area contributed by atoms with Gasteiger partial charge in [0.15, 0.2) is 0 Å². The molecule has 0 bridgehead atoms. The van der Waals surface area contributed by atoms with Gasteiger partial charge in [0, 0.05) is 4.47 Å². The molecule has 0 amide bonds. The van der Waals surface area contributed by atoms with E-state index in [2.05, 4.69) is 15.9 Å². The van der Waals surface area contributed by atoms with E-state index in [0.717, 1.165) is 14.9 Å². The monoisotopic (exact) mass is 332 g/mol. The largest absolute Gasteiger partial charge is 0.495 e.